The molecule has 2 aromatic carbocycles. The van der Waals surface area contributed by atoms with E-state index in [1.54, 1.807) is 55.1 Å². The van der Waals surface area contributed by atoms with Gasteiger partial charge in [0.25, 0.3) is 10.0 Å². The van der Waals surface area contributed by atoms with Gasteiger partial charge in [0.2, 0.25) is 0 Å². The van der Waals surface area contributed by atoms with Crippen LogP contribution in [0.1, 0.15) is 24.1 Å². The van der Waals surface area contributed by atoms with Crippen molar-refractivity contribution in [1.29, 1.82) is 0 Å². The van der Waals surface area contributed by atoms with Gasteiger partial charge in [0.15, 0.2) is 5.65 Å². The van der Waals surface area contributed by atoms with Crippen molar-refractivity contribution in [3.05, 3.63) is 103 Å². The molecule has 8 nitrogen and oxygen atoms in total. The van der Waals surface area contributed by atoms with Crippen LogP contribution in [-0.4, -0.2) is 45.3 Å². The zero-order valence-corrected chi connectivity index (χ0v) is 22.3. The zero-order valence-electron chi connectivity index (χ0n) is 21.5. The largest absolute Gasteiger partial charge is 0.399 e. The van der Waals surface area contributed by atoms with Crippen molar-refractivity contribution in [2.24, 2.45) is 5.92 Å². The fourth-order valence-electron chi connectivity index (χ4n) is 5.35. The maximum atomic E-state index is 13.1. The van der Waals surface area contributed by atoms with E-state index in [0.29, 0.717) is 11.6 Å². The highest BCUT2D eigenvalue weighted by Crippen LogP contribution is 2.27. The van der Waals surface area contributed by atoms with Gasteiger partial charge in [-0.2, -0.15) is 0 Å². The third kappa shape index (κ3) is 5.41. The number of rotatable bonds is 7. The minimum Gasteiger partial charge on any atom is -0.399 e. The van der Waals surface area contributed by atoms with Gasteiger partial charge >= 0.3 is 0 Å². The summed E-state index contributed by atoms with van der Waals surface area (Å²) in [6, 6.07) is 22.2. The average molecular weight is 539 g/mol. The van der Waals surface area contributed by atoms with Crippen LogP contribution in [0.25, 0.3) is 22.3 Å². The van der Waals surface area contributed by atoms with Crippen molar-refractivity contribution >= 4 is 26.7 Å². The number of aromatic nitrogens is 4. The van der Waals surface area contributed by atoms with Gasteiger partial charge in [-0.1, -0.05) is 30.3 Å². The quantitative estimate of drug-likeness (QED) is 0.298. The number of nitrogens with two attached hydrogens (primary N) is 1. The van der Waals surface area contributed by atoms with E-state index in [1.807, 2.05) is 24.3 Å². The van der Waals surface area contributed by atoms with Crippen molar-refractivity contribution in [2.45, 2.75) is 30.7 Å². The van der Waals surface area contributed by atoms with Crippen molar-refractivity contribution < 1.29 is 8.42 Å². The standard InChI is InChI=1S/C30H30N6O2S/c31-26-10-8-22(9-11-26)19-35-13-4-5-23(20-35)15-27-17-29(34-21-33-27)25-16-24-12-14-36(30(24)32-18-25)39(37,38)28-6-2-1-3-7-28/h1-3,6-12,14,16-18,21,23H,4-5,13,15,19-20,31H2. The Kier molecular flexibility index (Phi) is 6.85. The molecule has 5 aromatic rings. The fourth-order valence-corrected chi connectivity index (χ4v) is 6.68. The first-order valence-electron chi connectivity index (χ1n) is 13.1. The number of anilines is 1. The normalized spacial score (nSPS) is 16.5. The maximum Gasteiger partial charge on any atom is 0.269 e. The van der Waals surface area contributed by atoms with Gasteiger partial charge in [0, 0.05) is 47.8 Å². The number of piperidine rings is 1. The van der Waals surface area contributed by atoms with E-state index in [2.05, 4.69) is 32.0 Å². The molecule has 39 heavy (non-hydrogen) atoms. The molecule has 3 aromatic heterocycles. The molecular formula is C30H30N6O2S. The number of nitrogens with zero attached hydrogens (tertiary/aromatic N) is 5. The number of hydrogen-bond acceptors (Lipinski definition) is 7. The molecule has 1 fully saturated rings. The van der Waals surface area contributed by atoms with Crippen LogP contribution in [0.3, 0.4) is 0 Å². The van der Waals surface area contributed by atoms with Crippen molar-refractivity contribution in [3.63, 3.8) is 0 Å². The third-order valence-electron chi connectivity index (χ3n) is 7.30. The zero-order chi connectivity index (χ0) is 26.8. The summed E-state index contributed by atoms with van der Waals surface area (Å²) < 4.78 is 27.5. The van der Waals surface area contributed by atoms with Crippen molar-refractivity contribution in [3.8, 4) is 11.3 Å². The molecule has 1 atom stereocenters. The van der Waals surface area contributed by atoms with E-state index >= 15 is 0 Å². The topological polar surface area (TPSA) is 107 Å². The van der Waals surface area contributed by atoms with Gasteiger partial charge in [-0.25, -0.2) is 27.3 Å². The van der Waals surface area contributed by atoms with Crippen LogP contribution in [0.2, 0.25) is 0 Å². The first kappa shape index (κ1) is 25.2. The van der Waals surface area contributed by atoms with E-state index < -0.39 is 10.0 Å². The van der Waals surface area contributed by atoms with Crippen LogP contribution in [0.5, 0.6) is 0 Å². The lowest BCUT2D eigenvalue weighted by molar-refractivity contribution is 0.166. The molecule has 1 aliphatic rings. The predicted molar refractivity (Wildman–Crippen MR) is 152 cm³/mol. The summed E-state index contributed by atoms with van der Waals surface area (Å²) in [7, 11) is -3.73. The molecule has 198 valence electrons. The summed E-state index contributed by atoms with van der Waals surface area (Å²) in [6.07, 6.45) is 8.06. The summed E-state index contributed by atoms with van der Waals surface area (Å²) in [6.45, 7) is 3.05. The molecular weight excluding hydrogens is 508 g/mol. The number of nitrogen functional groups attached to an aromatic ring is 1. The lowest BCUT2D eigenvalue weighted by Gasteiger charge is -2.32. The van der Waals surface area contributed by atoms with Gasteiger partial charge in [0.1, 0.15) is 6.33 Å². The van der Waals surface area contributed by atoms with Crippen molar-refractivity contribution in [1.82, 2.24) is 23.8 Å². The lowest BCUT2D eigenvalue weighted by atomic mass is 9.92. The van der Waals surface area contributed by atoms with Gasteiger partial charge in [-0.05, 0) is 79.8 Å². The molecule has 1 aliphatic heterocycles. The van der Waals surface area contributed by atoms with E-state index in [0.717, 1.165) is 54.1 Å². The van der Waals surface area contributed by atoms with Gasteiger partial charge in [-0.3, -0.25) is 4.90 Å². The Balaban J connectivity index is 1.18. The van der Waals surface area contributed by atoms with Crippen molar-refractivity contribution in [2.75, 3.05) is 18.8 Å². The summed E-state index contributed by atoms with van der Waals surface area (Å²) >= 11 is 0. The molecule has 6 rings (SSSR count). The van der Waals surface area contributed by atoms with E-state index in [4.69, 9.17) is 5.73 Å². The number of pyridine rings is 1. The summed E-state index contributed by atoms with van der Waals surface area (Å²) in [5, 5.41) is 0.734. The first-order valence-corrected chi connectivity index (χ1v) is 14.6. The highest BCUT2D eigenvalue weighted by Gasteiger charge is 2.22. The third-order valence-corrected chi connectivity index (χ3v) is 8.98. The van der Waals surface area contributed by atoms with Crippen LogP contribution in [-0.2, 0) is 23.0 Å². The molecule has 0 amide bonds. The number of benzene rings is 2. The summed E-state index contributed by atoms with van der Waals surface area (Å²) in [5.41, 5.74) is 10.9. The second kappa shape index (κ2) is 10.6. The number of hydrogen-bond donors (Lipinski definition) is 1. The SMILES string of the molecule is Nc1ccc(CN2CCCC(Cc3cc(-c4cnc5c(ccn5S(=O)(=O)c5ccccc5)c4)ncn3)C2)cc1. The van der Waals surface area contributed by atoms with Crippen LogP contribution in [0.15, 0.2) is 96.4 Å². The Bertz CT molecular complexity index is 1700. The lowest BCUT2D eigenvalue weighted by Crippen LogP contribution is -2.35. The summed E-state index contributed by atoms with van der Waals surface area (Å²) in [4.78, 5) is 16.3. The fraction of sp³-hybridized carbons (Fsp3) is 0.233. The molecule has 0 radical (unpaired) electrons. The highest BCUT2D eigenvalue weighted by molar-refractivity contribution is 7.90. The Morgan fingerprint density at radius 1 is 0.949 bits per heavy atom. The van der Waals surface area contributed by atoms with Crippen LogP contribution < -0.4 is 5.73 Å². The van der Waals surface area contributed by atoms with E-state index in [9.17, 15) is 8.42 Å². The van der Waals surface area contributed by atoms with Gasteiger partial charge < -0.3 is 5.73 Å². The average Bonchev–Trinajstić information content (AvgIpc) is 3.40. The highest BCUT2D eigenvalue weighted by atomic mass is 32.2. The molecule has 1 unspecified atom stereocenters. The van der Waals surface area contributed by atoms with Crippen LogP contribution in [0, 0.1) is 5.92 Å². The van der Waals surface area contributed by atoms with Crippen LogP contribution >= 0.6 is 0 Å². The summed E-state index contributed by atoms with van der Waals surface area (Å²) in [5.74, 6) is 0.521. The van der Waals surface area contributed by atoms with E-state index in [-0.39, 0.29) is 4.90 Å². The second-order valence-electron chi connectivity index (χ2n) is 10.2. The second-order valence-corrected chi connectivity index (χ2v) is 12.0. The minimum absolute atomic E-state index is 0.226. The van der Waals surface area contributed by atoms with Crippen LogP contribution in [0.4, 0.5) is 5.69 Å². The minimum atomic E-state index is -3.73. The smallest absolute Gasteiger partial charge is 0.269 e. The molecule has 0 saturated carbocycles. The monoisotopic (exact) mass is 538 g/mol. The first-order chi connectivity index (χ1) is 19.0. The molecule has 0 spiro atoms. The predicted octanol–water partition coefficient (Wildman–Crippen LogP) is 4.77. The van der Waals surface area contributed by atoms with E-state index in [1.165, 1.54) is 22.4 Å². The molecule has 0 aliphatic carbocycles. The Hall–Kier alpha value is -4.08. The van der Waals surface area contributed by atoms with Gasteiger partial charge in [0.05, 0.1) is 10.6 Å². The molecule has 9 heteroatoms. The Morgan fingerprint density at radius 2 is 1.77 bits per heavy atom. The Labute approximate surface area is 228 Å². The molecule has 2 N–H and O–H groups in total. The molecule has 1 saturated heterocycles. The molecule has 4 heterocycles. The maximum absolute atomic E-state index is 13.1. The number of fused-ring (bicyclic) bond motifs is 1. The Morgan fingerprint density at radius 3 is 2.59 bits per heavy atom. The number of likely N-dealkylation sites (tertiary alicyclic amines) is 1. The molecule has 0 bridgehead atoms. The van der Waals surface area contributed by atoms with Gasteiger partial charge in [-0.15, -0.1) is 0 Å².